The van der Waals surface area contributed by atoms with Gasteiger partial charge in [0.05, 0.1) is 26.4 Å². The number of ether oxygens (including phenoxy) is 6. The van der Waals surface area contributed by atoms with E-state index in [0.29, 0.717) is 24.0 Å². The number of hydrogen-bond donors (Lipinski definition) is 1. The van der Waals surface area contributed by atoms with Gasteiger partial charge in [0.25, 0.3) is 5.91 Å². The van der Waals surface area contributed by atoms with Crippen LogP contribution in [0, 0.1) is 11.8 Å². The SMILES string of the molecule is COc1ccc([C@@H]2OC[C@H]3O[C@H](OCc4ccccc4)[C@H](NC(=O)c4ccccc4P(c4ccccc4)c4ccccc4)[C@@H](OC(C4CCCCC4)C4CCCCC4)[C@@H]3O2)cc1. The molecule has 4 aliphatic rings. The van der Waals surface area contributed by atoms with Crippen LogP contribution in [-0.2, 0) is 30.3 Å². The van der Waals surface area contributed by atoms with E-state index in [9.17, 15) is 0 Å². The van der Waals surface area contributed by atoms with Crippen molar-refractivity contribution in [1.29, 1.82) is 0 Å². The van der Waals surface area contributed by atoms with Gasteiger partial charge in [0, 0.05) is 11.1 Å². The molecule has 324 valence electrons. The normalized spacial score (nSPS) is 24.7. The van der Waals surface area contributed by atoms with Crippen LogP contribution in [0.15, 0.2) is 140 Å². The molecule has 9 rings (SSSR count). The minimum Gasteiger partial charge on any atom is -0.497 e. The number of carbonyl (C=O) groups is 1. The number of nitrogens with one attached hydrogen (secondary N) is 1. The van der Waals surface area contributed by atoms with Gasteiger partial charge in [-0.3, -0.25) is 4.79 Å². The van der Waals surface area contributed by atoms with Gasteiger partial charge in [0.15, 0.2) is 12.6 Å². The fourth-order valence-corrected chi connectivity index (χ4v) is 12.5. The van der Waals surface area contributed by atoms with Crippen LogP contribution in [0.3, 0.4) is 0 Å². The lowest BCUT2D eigenvalue weighted by Crippen LogP contribution is -2.68. The minimum atomic E-state index is -1.07. The van der Waals surface area contributed by atoms with Gasteiger partial charge >= 0.3 is 0 Å². The number of carbonyl (C=O) groups excluding carboxylic acids is 1. The molecule has 0 radical (unpaired) electrons. The zero-order valence-electron chi connectivity index (χ0n) is 35.8. The van der Waals surface area contributed by atoms with Gasteiger partial charge in [-0.25, -0.2) is 0 Å². The molecule has 1 N–H and O–H groups in total. The van der Waals surface area contributed by atoms with Crippen molar-refractivity contribution in [2.24, 2.45) is 11.8 Å². The van der Waals surface area contributed by atoms with E-state index in [1.165, 1.54) is 49.1 Å². The maximum absolute atomic E-state index is 15.3. The van der Waals surface area contributed by atoms with Crippen molar-refractivity contribution in [2.75, 3.05) is 13.7 Å². The molecule has 62 heavy (non-hydrogen) atoms. The predicted molar refractivity (Wildman–Crippen MR) is 245 cm³/mol. The molecule has 9 heteroatoms. The van der Waals surface area contributed by atoms with Gasteiger partial charge in [-0.2, -0.15) is 0 Å². The van der Waals surface area contributed by atoms with Gasteiger partial charge in [-0.15, -0.1) is 0 Å². The summed E-state index contributed by atoms with van der Waals surface area (Å²) in [5.41, 5.74) is 2.51. The number of benzene rings is 5. The van der Waals surface area contributed by atoms with E-state index < -0.39 is 44.9 Å². The quantitative estimate of drug-likeness (QED) is 0.112. The van der Waals surface area contributed by atoms with Crippen LogP contribution in [0.2, 0.25) is 0 Å². The number of hydrogen-bond acceptors (Lipinski definition) is 7. The van der Waals surface area contributed by atoms with Gasteiger partial charge < -0.3 is 33.7 Å². The lowest BCUT2D eigenvalue weighted by Gasteiger charge is -2.51. The van der Waals surface area contributed by atoms with E-state index in [0.717, 1.165) is 47.9 Å². The highest BCUT2D eigenvalue weighted by atomic mass is 31.1. The first-order valence-electron chi connectivity index (χ1n) is 22.8. The van der Waals surface area contributed by atoms with Gasteiger partial charge in [0.1, 0.15) is 30.1 Å². The second kappa shape index (κ2) is 20.9. The van der Waals surface area contributed by atoms with Crippen molar-refractivity contribution >= 4 is 29.7 Å². The first kappa shape index (κ1) is 42.9. The van der Waals surface area contributed by atoms with Crippen LogP contribution in [0.25, 0.3) is 0 Å². The molecule has 5 aromatic rings. The molecule has 4 fully saturated rings. The molecule has 2 aliphatic heterocycles. The van der Waals surface area contributed by atoms with Gasteiger partial charge in [0.2, 0.25) is 0 Å². The highest BCUT2D eigenvalue weighted by molar-refractivity contribution is 7.80. The summed E-state index contributed by atoms with van der Waals surface area (Å²) in [5, 5.41) is 6.87. The first-order valence-corrected chi connectivity index (χ1v) is 24.1. The van der Waals surface area contributed by atoms with Crippen molar-refractivity contribution in [3.8, 4) is 5.75 Å². The summed E-state index contributed by atoms with van der Waals surface area (Å²) >= 11 is 0. The highest BCUT2D eigenvalue weighted by Crippen LogP contribution is 2.43. The van der Waals surface area contributed by atoms with Crippen molar-refractivity contribution in [3.63, 3.8) is 0 Å². The maximum Gasteiger partial charge on any atom is 0.252 e. The van der Waals surface area contributed by atoms with E-state index in [4.69, 9.17) is 28.4 Å². The van der Waals surface area contributed by atoms with Crippen LogP contribution in [0.4, 0.5) is 0 Å². The third-order valence-electron chi connectivity index (χ3n) is 13.2. The topological polar surface area (TPSA) is 84.5 Å². The molecular formula is C53H60NO7P. The van der Waals surface area contributed by atoms with E-state index in [2.05, 4.69) is 59.9 Å². The van der Waals surface area contributed by atoms with Crippen LogP contribution < -0.4 is 26.0 Å². The highest BCUT2D eigenvalue weighted by Gasteiger charge is 2.53. The molecule has 8 nitrogen and oxygen atoms in total. The lowest BCUT2D eigenvalue weighted by atomic mass is 9.75. The number of amides is 1. The molecule has 5 aromatic carbocycles. The molecule has 2 heterocycles. The summed E-state index contributed by atoms with van der Waals surface area (Å²) in [6.07, 6.45) is 8.90. The largest absolute Gasteiger partial charge is 0.497 e. The Bertz CT molecular complexity index is 2090. The Hall–Kier alpha value is -4.40. The van der Waals surface area contributed by atoms with E-state index >= 15 is 4.79 Å². The van der Waals surface area contributed by atoms with Crippen molar-refractivity contribution in [2.45, 2.75) is 114 Å². The van der Waals surface area contributed by atoms with E-state index in [1.807, 2.05) is 84.9 Å². The Morgan fingerprint density at radius 3 is 1.89 bits per heavy atom. The Morgan fingerprint density at radius 2 is 1.27 bits per heavy atom. The Kier molecular flexibility index (Phi) is 14.4. The van der Waals surface area contributed by atoms with Crippen LogP contribution in [0.5, 0.6) is 5.75 Å². The Morgan fingerprint density at radius 1 is 0.694 bits per heavy atom. The molecule has 0 bridgehead atoms. The summed E-state index contributed by atoms with van der Waals surface area (Å²) in [6, 6.07) is 46.3. The second-order valence-electron chi connectivity index (χ2n) is 17.3. The zero-order valence-corrected chi connectivity index (χ0v) is 36.7. The summed E-state index contributed by atoms with van der Waals surface area (Å²) in [6.45, 7) is 0.586. The number of methoxy groups -OCH3 is 1. The number of rotatable bonds is 14. The summed E-state index contributed by atoms with van der Waals surface area (Å²) in [7, 11) is 0.598. The monoisotopic (exact) mass is 853 g/mol. The molecule has 0 aromatic heterocycles. The van der Waals surface area contributed by atoms with E-state index in [-0.39, 0.29) is 18.6 Å². The average molecular weight is 854 g/mol. The fourth-order valence-electron chi connectivity index (χ4n) is 10.1. The smallest absolute Gasteiger partial charge is 0.252 e. The molecule has 2 aliphatic carbocycles. The Labute approximate surface area is 368 Å². The molecule has 1 amide bonds. The molecular weight excluding hydrogens is 794 g/mol. The zero-order chi connectivity index (χ0) is 42.1. The summed E-state index contributed by atoms with van der Waals surface area (Å²) < 4.78 is 40.4. The average Bonchev–Trinajstić information content (AvgIpc) is 3.34. The van der Waals surface area contributed by atoms with Crippen molar-refractivity contribution in [3.05, 3.63) is 156 Å². The van der Waals surface area contributed by atoms with E-state index in [1.54, 1.807) is 7.11 Å². The van der Waals surface area contributed by atoms with Crippen molar-refractivity contribution < 1.29 is 33.2 Å². The minimum absolute atomic E-state index is 0.0238. The lowest BCUT2D eigenvalue weighted by molar-refractivity contribution is -0.355. The predicted octanol–water partition coefficient (Wildman–Crippen LogP) is 9.52. The third-order valence-corrected chi connectivity index (χ3v) is 15.7. The van der Waals surface area contributed by atoms with Crippen LogP contribution in [-0.4, -0.2) is 56.4 Å². The van der Waals surface area contributed by atoms with Crippen LogP contribution >= 0.6 is 7.92 Å². The third kappa shape index (κ3) is 10.0. The van der Waals surface area contributed by atoms with Crippen LogP contribution in [0.1, 0.15) is 92.0 Å². The summed E-state index contributed by atoms with van der Waals surface area (Å²) in [4.78, 5) is 15.3. The fraction of sp³-hybridized carbons (Fsp3) is 0.415. The first-order chi connectivity index (χ1) is 30.6. The second-order valence-corrected chi connectivity index (χ2v) is 19.4. The summed E-state index contributed by atoms with van der Waals surface area (Å²) in [5.74, 6) is 1.44. The molecule has 0 unspecified atom stereocenters. The molecule has 2 saturated heterocycles. The number of fused-ring (bicyclic) bond motifs is 1. The maximum atomic E-state index is 15.3. The van der Waals surface area contributed by atoms with Gasteiger partial charge in [-0.1, -0.05) is 160 Å². The standard InChI is InChI=1S/C53H60NO7P/c1-56-41-33-31-40(32-34-41)52-58-36-45-49(61-52)50(60-48(38-21-9-3-10-22-38)39-23-11-4-12-24-39)47(53(59-45)57-35-37-19-7-2-8-20-37)54-51(55)44-29-17-18-30-46(44)62(42-25-13-5-14-26-42)43-27-15-6-16-28-43/h2,5-8,13-20,25-34,38-39,45,47-50,52-53H,3-4,9-12,21-24,35-36H2,1H3,(H,54,55)/t45-,47-,49-,50-,52-,53+/m1/s1. The molecule has 0 spiro atoms. The van der Waals surface area contributed by atoms with Crippen molar-refractivity contribution in [1.82, 2.24) is 5.32 Å². The van der Waals surface area contributed by atoms with Gasteiger partial charge in [-0.05, 0) is 85.1 Å². The Balaban J connectivity index is 1.11. The molecule has 2 saturated carbocycles. The molecule has 6 atom stereocenters.